The second kappa shape index (κ2) is 4.23. The zero-order chi connectivity index (χ0) is 10.7. The highest BCUT2D eigenvalue weighted by Gasteiger charge is 2.13. The first-order valence-corrected chi connectivity index (χ1v) is 4.20. The minimum atomic E-state index is -1.58. The first kappa shape index (κ1) is 10.7. The van der Waals surface area contributed by atoms with Crippen molar-refractivity contribution in [2.45, 2.75) is 4.90 Å². The van der Waals surface area contributed by atoms with Crippen LogP contribution in [0.1, 0.15) is 0 Å². The van der Waals surface area contributed by atoms with Gasteiger partial charge in [-0.2, -0.15) is 0 Å². The molecule has 0 heterocycles. The SMILES string of the molecule is NC(=O)NSc1ccc(F)c(F)c1F. The Morgan fingerprint density at radius 3 is 2.50 bits per heavy atom. The van der Waals surface area contributed by atoms with Crippen LogP contribution in [-0.2, 0) is 0 Å². The molecular weight excluding hydrogens is 217 g/mol. The number of carbonyl (C=O) groups is 1. The summed E-state index contributed by atoms with van der Waals surface area (Å²) in [6.45, 7) is 0. The second-order valence-electron chi connectivity index (χ2n) is 2.24. The summed E-state index contributed by atoms with van der Waals surface area (Å²) in [7, 11) is 0. The molecule has 0 unspecified atom stereocenters. The molecule has 0 saturated carbocycles. The molecule has 0 atom stereocenters. The summed E-state index contributed by atoms with van der Waals surface area (Å²) in [6, 6.07) is 0.844. The highest BCUT2D eigenvalue weighted by atomic mass is 32.2. The van der Waals surface area contributed by atoms with Gasteiger partial charge in [0.1, 0.15) is 0 Å². The number of hydrogen-bond donors (Lipinski definition) is 2. The van der Waals surface area contributed by atoms with Crippen molar-refractivity contribution in [3.63, 3.8) is 0 Å². The summed E-state index contributed by atoms with van der Waals surface area (Å²) in [5, 5.41) is 0. The number of amides is 2. The fourth-order valence-corrected chi connectivity index (χ4v) is 1.22. The molecular formula is C7H5F3N2OS. The molecule has 0 aliphatic heterocycles. The van der Waals surface area contributed by atoms with Crippen LogP contribution in [0.2, 0.25) is 0 Å². The van der Waals surface area contributed by atoms with Crippen molar-refractivity contribution in [1.29, 1.82) is 0 Å². The number of urea groups is 1. The van der Waals surface area contributed by atoms with E-state index in [-0.39, 0.29) is 4.90 Å². The van der Waals surface area contributed by atoms with Gasteiger partial charge >= 0.3 is 6.03 Å². The molecule has 3 N–H and O–H groups in total. The Hall–Kier alpha value is -1.37. The average Bonchev–Trinajstić information content (AvgIpc) is 2.13. The van der Waals surface area contributed by atoms with Crippen LogP contribution in [0.5, 0.6) is 0 Å². The van der Waals surface area contributed by atoms with Crippen LogP contribution in [0.25, 0.3) is 0 Å². The number of hydrogen-bond acceptors (Lipinski definition) is 2. The zero-order valence-corrected chi connectivity index (χ0v) is 7.50. The van der Waals surface area contributed by atoms with Crippen molar-refractivity contribution in [2.75, 3.05) is 0 Å². The monoisotopic (exact) mass is 222 g/mol. The molecule has 1 rings (SSSR count). The van der Waals surface area contributed by atoms with E-state index in [0.29, 0.717) is 11.9 Å². The molecule has 0 aliphatic rings. The third-order valence-electron chi connectivity index (χ3n) is 1.26. The van der Waals surface area contributed by atoms with Gasteiger partial charge in [0.15, 0.2) is 17.5 Å². The summed E-state index contributed by atoms with van der Waals surface area (Å²) >= 11 is 0.472. The lowest BCUT2D eigenvalue weighted by atomic mass is 10.3. The Morgan fingerprint density at radius 2 is 1.93 bits per heavy atom. The van der Waals surface area contributed by atoms with Crippen LogP contribution in [0, 0.1) is 17.5 Å². The van der Waals surface area contributed by atoms with Crippen molar-refractivity contribution in [3.05, 3.63) is 29.6 Å². The molecule has 14 heavy (non-hydrogen) atoms. The van der Waals surface area contributed by atoms with Gasteiger partial charge in [-0.15, -0.1) is 0 Å². The predicted octanol–water partition coefficient (Wildman–Crippen LogP) is 1.78. The molecule has 0 aliphatic carbocycles. The maximum atomic E-state index is 12.9. The van der Waals surface area contributed by atoms with E-state index >= 15 is 0 Å². The quantitative estimate of drug-likeness (QED) is 0.592. The van der Waals surface area contributed by atoms with Crippen molar-refractivity contribution >= 4 is 18.0 Å². The van der Waals surface area contributed by atoms with E-state index in [1.807, 2.05) is 4.72 Å². The van der Waals surface area contributed by atoms with Gasteiger partial charge in [-0.3, -0.25) is 4.72 Å². The molecule has 0 fully saturated rings. The van der Waals surface area contributed by atoms with E-state index in [9.17, 15) is 18.0 Å². The predicted molar refractivity (Wildman–Crippen MR) is 44.9 cm³/mol. The van der Waals surface area contributed by atoms with Crippen LogP contribution < -0.4 is 10.5 Å². The molecule has 0 aromatic heterocycles. The lowest BCUT2D eigenvalue weighted by molar-refractivity contribution is 0.254. The molecule has 1 aromatic rings. The topological polar surface area (TPSA) is 55.1 Å². The highest BCUT2D eigenvalue weighted by molar-refractivity contribution is 7.98. The van der Waals surface area contributed by atoms with Crippen molar-refractivity contribution in [1.82, 2.24) is 4.72 Å². The normalized spacial score (nSPS) is 9.93. The summed E-state index contributed by atoms with van der Waals surface area (Å²) < 4.78 is 39.9. The second-order valence-corrected chi connectivity index (χ2v) is 3.09. The maximum absolute atomic E-state index is 12.9. The standard InChI is InChI=1S/C7H5F3N2OS/c8-3-1-2-4(6(10)5(3)9)14-12-7(11)13/h1-2H,(H3,11,12,13). The number of halogens is 3. The summed E-state index contributed by atoms with van der Waals surface area (Å²) in [5.74, 6) is -4.23. The molecule has 1 aromatic carbocycles. The maximum Gasteiger partial charge on any atom is 0.322 e. The lowest BCUT2D eigenvalue weighted by Crippen LogP contribution is -2.23. The molecule has 0 saturated heterocycles. The van der Waals surface area contributed by atoms with Gasteiger partial charge in [-0.05, 0) is 24.1 Å². The molecule has 7 heteroatoms. The van der Waals surface area contributed by atoms with Gasteiger partial charge in [0.2, 0.25) is 0 Å². The van der Waals surface area contributed by atoms with E-state index in [0.717, 1.165) is 12.1 Å². The first-order valence-electron chi connectivity index (χ1n) is 3.38. The average molecular weight is 222 g/mol. The van der Waals surface area contributed by atoms with Gasteiger partial charge in [0, 0.05) is 0 Å². The van der Waals surface area contributed by atoms with E-state index in [2.05, 4.69) is 0 Å². The van der Waals surface area contributed by atoms with Crippen LogP contribution in [0.15, 0.2) is 17.0 Å². The highest BCUT2D eigenvalue weighted by Crippen LogP contribution is 2.22. The van der Waals surface area contributed by atoms with E-state index < -0.39 is 23.5 Å². The molecule has 3 nitrogen and oxygen atoms in total. The third-order valence-corrected chi connectivity index (χ3v) is 2.10. The Labute approximate surface area is 81.6 Å². The van der Waals surface area contributed by atoms with E-state index in [4.69, 9.17) is 5.73 Å². The number of benzene rings is 1. The number of primary amides is 1. The van der Waals surface area contributed by atoms with Crippen molar-refractivity contribution in [2.24, 2.45) is 5.73 Å². The zero-order valence-electron chi connectivity index (χ0n) is 6.68. The summed E-state index contributed by atoms with van der Waals surface area (Å²) in [5.41, 5.74) is 4.70. The first-order chi connectivity index (χ1) is 6.52. The molecule has 0 radical (unpaired) electrons. The molecule has 0 spiro atoms. The van der Waals surface area contributed by atoms with Gasteiger partial charge in [-0.25, -0.2) is 18.0 Å². The minimum Gasteiger partial charge on any atom is -0.351 e. The minimum absolute atomic E-state index is 0.247. The number of nitrogens with one attached hydrogen (secondary N) is 1. The molecule has 2 amide bonds. The van der Waals surface area contributed by atoms with Gasteiger partial charge in [0.25, 0.3) is 0 Å². The molecule has 0 bridgehead atoms. The number of rotatable bonds is 2. The van der Waals surface area contributed by atoms with Gasteiger partial charge in [0.05, 0.1) is 4.90 Å². The largest absolute Gasteiger partial charge is 0.351 e. The van der Waals surface area contributed by atoms with Crippen LogP contribution in [-0.4, -0.2) is 6.03 Å². The van der Waals surface area contributed by atoms with Crippen molar-refractivity contribution < 1.29 is 18.0 Å². The van der Waals surface area contributed by atoms with Crippen LogP contribution >= 0.6 is 11.9 Å². The van der Waals surface area contributed by atoms with Gasteiger partial charge in [-0.1, -0.05) is 0 Å². The lowest BCUT2D eigenvalue weighted by Gasteiger charge is -2.03. The Balaban J connectivity index is 2.88. The third kappa shape index (κ3) is 2.32. The number of nitrogens with two attached hydrogens (primary N) is 1. The van der Waals surface area contributed by atoms with Crippen LogP contribution in [0.4, 0.5) is 18.0 Å². The Kier molecular flexibility index (Phi) is 3.23. The Morgan fingerprint density at radius 1 is 1.29 bits per heavy atom. The smallest absolute Gasteiger partial charge is 0.322 e. The van der Waals surface area contributed by atoms with Gasteiger partial charge < -0.3 is 5.73 Å². The fourth-order valence-electron chi connectivity index (χ4n) is 0.692. The molecule has 76 valence electrons. The summed E-state index contributed by atoms with van der Waals surface area (Å²) in [4.78, 5) is 9.99. The fraction of sp³-hybridized carbons (Fsp3) is 0. The van der Waals surface area contributed by atoms with E-state index in [1.54, 1.807) is 0 Å². The van der Waals surface area contributed by atoms with Crippen molar-refractivity contribution in [3.8, 4) is 0 Å². The summed E-state index contributed by atoms with van der Waals surface area (Å²) in [6.07, 6.45) is 0. The Bertz CT molecular complexity index is 372. The van der Waals surface area contributed by atoms with E-state index in [1.165, 1.54) is 0 Å². The van der Waals surface area contributed by atoms with Crippen LogP contribution in [0.3, 0.4) is 0 Å². The number of carbonyl (C=O) groups excluding carboxylic acids is 1.